The molecule has 0 unspecified atom stereocenters. The predicted octanol–water partition coefficient (Wildman–Crippen LogP) is -0.663. The lowest BCUT2D eigenvalue weighted by molar-refractivity contribution is -0.137. The van der Waals surface area contributed by atoms with Crippen LogP contribution in [0.5, 0.6) is 0 Å². The summed E-state index contributed by atoms with van der Waals surface area (Å²) < 4.78 is 0. The van der Waals surface area contributed by atoms with Crippen molar-refractivity contribution in [1.82, 2.24) is 0 Å². The lowest BCUT2D eigenvalue weighted by Crippen LogP contribution is -2.27. The summed E-state index contributed by atoms with van der Waals surface area (Å²) in [6.07, 6.45) is 3.33. The molecule has 4 nitrogen and oxygen atoms in total. The molecule has 0 fully saturated rings. The molecule has 0 aliphatic heterocycles. The summed E-state index contributed by atoms with van der Waals surface area (Å²) in [5.41, 5.74) is 5.09. The number of rotatable bonds is 4. The summed E-state index contributed by atoms with van der Waals surface area (Å²) in [6, 6.07) is -0.952. The third-order valence-electron chi connectivity index (χ3n) is 0.924. The van der Waals surface area contributed by atoms with Gasteiger partial charge in [0.25, 0.3) is 0 Å². The van der Waals surface area contributed by atoms with Crippen molar-refractivity contribution in [2.45, 2.75) is 12.5 Å². The third-order valence-corrected chi connectivity index (χ3v) is 0.924. The van der Waals surface area contributed by atoms with Crippen LogP contribution in [0.15, 0.2) is 12.2 Å². The van der Waals surface area contributed by atoms with Crippen molar-refractivity contribution in [3.05, 3.63) is 12.2 Å². The summed E-state index contributed by atoms with van der Waals surface area (Å²) in [5, 5.41) is 16.5. The molecular weight excluding hydrogens is 134 g/mol. The molecule has 4 N–H and O–H groups in total. The molecule has 0 heterocycles. The monoisotopic (exact) mass is 145 g/mol. The molecule has 0 aromatic carbocycles. The minimum absolute atomic E-state index is 0.0167. The third kappa shape index (κ3) is 4.05. The molecule has 0 aromatic rings. The second-order valence-electron chi connectivity index (χ2n) is 1.80. The van der Waals surface area contributed by atoms with Gasteiger partial charge in [-0.2, -0.15) is 0 Å². The van der Waals surface area contributed by atoms with Crippen molar-refractivity contribution < 1.29 is 15.0 Å². The molecular formula is C6H11NO3. The molecule has 0 amide bonds. The first-order valence-electron chi connectivity index (χ1n) is 2.94. The fourth-order valence-corrected chi connectivity index (χ4v) is 0.400. The van der Waals surface area contributed by atoms with Crippen molar-refractivity contribution in [3.63, 3.8) is 0 Å². The van der Waals surface area contributed by atoms with Gasteiger partial charge < -0.3 is 15.9 Å². The first-order valence-corrected chi connectivity index (χ1v) is 2.94. The van der Waals surface area contributed by atoms with E-state index in [0.29, 0.717) is 6.42 Å². The molecule has 0 rings (SSSR count). The number of aliphatic hydroxyl groups is 1. The smallest absolute Gasteiger partial charge is 0.324 e. The Labute approximate surface area is 59.0 Å². The largest absolute Gasteiger partial charge is 0.480 e. The summed E-state index contributed by atoms with van der Waals surface area (Å²) >= 11 is 0. The molecule has 0 aliphatic carbocycles. The van der Waals surface area contributed by atoms with Crippen molar-refractivity contribution in [1.29, 1.82) is 0 Å². The summed E-state index contributed by atoms with van der Waals surface area (Å²) in [7, 11) is 0. The quantitative estimate of drug-likeness (QED) is 0.458. The molecule has 0 radical (unpaired) electrons. The SMILES string of the molecule is N[C@@H](/C=C/CCO)C(=O)O. The summed E-state index contributed by atoms with van der Waals surface area (Å²) in [5.74, 6) is -1.06. The number of aliphatic hydroxyl groups excluding tert-OH is 1. The van der Waals surface area contributed by atoms with Crippen LogP contribution >= 0.6 is 0 Å². The van der Waals surface area contributed by atoms with Crippen molar-refractivity contribution in [2.24, 2.45) is 5.73 Å². The maximum atomic E-state index is 10.1. The second-order valence-corrected chi connectivity index (χ2v) is 1.80. The topological polar surface area (TPSA) is 83.5 Å². The highest BCUT2D eigenvalue weighted by molar-refractivity contribution is 5.75. The Bertz CT molecular complexity index is 133. The van der Waals surface area contributed by atoms with E-state index in [1.165, 1.54) is 6.08 Å². The summed E-state index contributed by atoms with van der Waals surface area (Å²) in [6.45, 7) is 0.0167. The Morgan fingerprint density at radius 3 is 2.70 bits per heavy atom. The van der Waals surface area contributed by atoms with Gasteiger partial charge in [-0.1, -0.05) is 12.2 Å². The lowest BCUT2D eigenvalue weighted by atomic mass is 10.2. The zero-order valence-electron chi connectivity index (χ0n) is 5.53. The van der Waals surface area contributed by atoms with E-state index in [4.69, 9.17) is 15.9 Å². The Morgan fingerprint density at radius 1 is 1.70 bits per heavy atom. The van der Waals surface area contributed by atoms with Crippen LogP contribution in [-0.2, 0) is 4.79 Å². The Kier molecular flexibility index (Phi) is 4.53. The first kappa shape index (κ1) is 9.13. The van der Waals surface area contributed by atoms with Gasteiger partial charge in [-0.3, -0.25) is 4.79 Å². The normalized spacial score (nSPS) is 13.8. The fourth-order valence-electron chi connectivity index (χ4n) is 0.400. The molecule has 0 aromatic heterocycles. The van der Waals surface area contributed by atoms with Crippen LogP contribution in [0.25, 0.3) is 0 Å². The van der Waals surface area contributed by atoms with Crippen molar-refractivity contribution in [2.75, 3.05) is 6.61 Å². The van der Waals surface area contributed by atoms with Crippen molar-refractivity contribution in [3.8, 4) is 0 Å². The lowest BCUT2D eigenvalue weighted by Gasteiger charge is -1.96. The predicted molar refractivity (Wildman–Crippen MR) is 36.5 cm³/mol. The van der Waals surface area contributed by atoms with Crippen LogP contribution in [0.2, 0.25) is 0 Å². The number of nitrogens with two attached hydrogens (primary N) is 1. The maximum absolute atomic E-state index is 10.1. The van der Waals surface area contributed by atoms with E-state index in [9.17, 15) is 4.79 Å². The van der Waals surface area contributed by atoms with E-state index >= 15 is 0 Å². The molecule has 4 heteroatoms. The van der Waals surface area contributed by atoms with Crippen LogP contribution in [-0.4, -0.2) is 28.8 Å². The van der Waals surface area contributed by atoms with Gasteiger partial charge in [0, 0.05) is 6.61 Å². The van der Waals surface area contributed by atoms with Gasteiger partial charge in [0.15, 0.2) is 0 Å². The molecule has 0 saturated heterocycles. The van der Waals surface area contributed by atoms with Gasteiger partial charge in [0.1, 0.15) is 6.04 Å². The fraction of sp³-hybridized carbons (Fsp3) is 0.500. The Balaban J connectivity index is 3.55. The van der Waals surface area contributed by atoms with Gasteiger partial charge in [-0.15, -0.1) is 0 Å². The second kappa shape index (κ2) is 4.96. The van der Waals surface area contributed by atoms with E-state index in [1.807, 2.05) is 0 Å². The zero-order chi connectivity index (χ0) is 7.98. The molecule has 0 saturated carbocycles. The number of carboxylic acid groups (broad SMARTS) is 1. The summed E-state index contributed by atoms with van der Waals surface area (Å²) in [4.78, 5) is 10.1. The maximum Gasteiger partial charge on any atom is 0.324 e. The minimum Gasteiger partial charge on any atom is -0.480 e. The number of carboxylic acids is 1. The molecule has 1 atom stereocenters. The Hall–Kier alpha value is -0.870. The number of hydrogen-bond acceptors (Lipinski definition) is 3. The van der Waals surface area contributed by atoms with Gasteiger partial charge in [0.2, 0.25) is 0 Å². The van der Waals surface area contributed by atoms with Crippen LogP contribution in [0, 0.1) is 0 Å². The highest BCUT2D eigenvalue weighted by Gasteiger charge is 2.04. The number of carbonyl (C=O) groups is 1. The van der Waals surface area contributed by atoms with Crippen LogP contribution in [0.3, 0.4) is 0 Å². The Morgan fingerprint density at radius 2 is 2.30 bits per heavy atom. The first-order chi connectivity index (χ1) is 4.68. The standard InChI is InChI=1S/C6H11NO3/c7-5(6(9)10)3-1-2-4-8/h1,3,5,8H,2,4,7H2,(H,9,10)/b3-1+/t5-/m0/s1. The van der Waals surface area contributed by atoms with Crippen LogP contribution in [0.1, 0.15) is 6.42 Å². The molecule has 10 heavy (non-hydrogen) atoms. The van der Waals surface area contributed by atoms with E-state index in [1.54, 1.807) is 6.08 Å². The average molecular weight is 145 g/mol. The van der Waals surface area contributed by atoms with E-state index in [-0.39, 0.29) is 6.61 Å². The van der Waals surface area contributed by atoms with Crippen molar-refractivity contribution >= 4 is 5.97 Å². The minimum atomic E-state index is -1.06. The molecule has 0 bridgehead atoms. The highest BCUT2D eigenvalue weighted by atomic mass is 16.4. The van der Waals surface area contributed by atoms with E-state index in [2.05, 4.69) is 0 Å². The zero-order valence-corrected chi connectivity index (χ0v) is 5.53. The van der Waals surface area contributed by atoms with Gasteiger partial charge in [0.05, 0.1) is 0 Å². The van der Waals surface area contributed by atoms with Gasteiger partial charge >= 0.3 is 5.97 Å². The number of aliphatic carboxylic acids is 1. The van der Waals surface area contributed by atoms with E-state index in [0.717, 1.165) is 0 Å². The average Bonchev–Trinajstić information content (AvgIpc) is 1.88. The highest BCUT2D eigenvalue weighted by Crippen LogP contribution is 1.85. The molecule has 58 valence electrons. The number of hydrogen-bond donors (Lipinski definition) is 3. The van der Waals surface area contributed by atoms with E-state index < -0.39 is 12.0 Å². The molecule has 0 spiro atoms. The van der Waals surface area contributed by atoms with Gasteiger partial charge in [-0.25, -0.2) is 0 Å². The van der Waals surface area contributed by atoms with Crippen LogP contribution < -0.4 is 5.73 Å². The van der Waals surface area contributed by atoms with Crippen LogP contribution in [0.4, 0.5) is 0 Å². The van der Waals surface area contributed by atoms with Gasteiger partial charge in [-0.05, 0) is 6.42 Å². The molecule has 0 aliphatic rings.